The fourth-order valence-electron chi connectivity index (χ4n) is 4.89. The Morgan fingerprint density at radius 2 is 1.79 bits per heavy atom. The van der Waals surface area contributed by atoms with E-state index in [2.05, 4.69) is 5.32 Å². The molecule has 0 bridgehead atoms. The highest BCUT2D eigenvalue weighted by atomic mass is 16.2. The van der Waals surface area contributed by atoms with Crippen molar-refractivity contribution in [2.45, 2.75) is 38.5 Å². The normalized spacial score (nSPS) is 24.3. The van der Waals surface area contributed by atoms with Crippen molar-refractivity contribution in [2.75, 3.05) is 32.7 Å². The number of carbonyl (C=O) groups is 3. The van der Waals surface area contributed by atoms with E-state index < -0.39 is 0 Å². The summed E-state index contributed by atoms with van der Waals surface area (Å²) in [6.45, 7) is 3.32. The van der Waals surface area contributed by atoms with Crippen LogP contribution in [-0.4, -0.2) is 60.2 Å². The van der Waals surface area contributed by atoms with Crippen LogP contribution in [0, 0.1) is 11.3 Å². The number of likely N-dealkylation sites (tertiary alicyclic amines) is 2. The van der Waals surface area contributed by atoms with Gasteiger partial charge in [0.2, 0.25) is 17.7 Å². The molecule has 1 spiro atoms. The molecule has 0 saturated carbocycles. The molecule has 3 aliphatic rings. The second kappa shape index (κ2) is 7.94. The summed E-state index contributed by atoms with van der Waals surface area (Å²) in [5, 5.41) is 2.94. The zero-order valence-electron chi connectivity index (χ0n) is 16.4. The molecule has 150 valence electrons. The van der Waals surface area contributed by atoms with Gasteiger partial charge in [0, 0.05) is 32.7 Å². The summed E-state index contributed by atoms with van der Waals surface area (Å²) < 4.78 is 0. The Kier molecular flexibility index (Phi) is 5.38. The van der Waals surface area contributed by atoms with Crippen LogP contribution in [0.1, 0.15) is 37.7 Å². The number of hydrogen-bond acceptors (Lipinski definition) is 3. The van der Waals surface area contributed by atoms with Crippen molar-refractivity contribution in [1.82, 2.24) is 15.1 Å². The Morgan fingerprint density at radius 1 is 1.04 bits per heavy atom. The van der Waals surface area contributed by atoms with Gasteiger partial charge in [-0.25, -0.2) is 0 Å². The van der Waals surface area contributed by atoms with Crippen LogP contribution in [0.4, 0.5) is 0 Å². The summed E-state index contributed by atoms with van der Waals surface area (Å²) in [7, 11) is 0. The predicted octanol–water partition coefficient (Wildman–Crippen LogP) is 1.60. The molecule has 6 heteroatoms. The molecule has 0 radical (unpaired) electrons. The van der Waals surface area contributed by atoms with E-state index in [-0.39, 0.29) is 29.1 Å². The van der Waals surface area contributed by atoms with E-state index >= 15 is 0 Å². The molecule has 1 aromatic rings. The number of amides is 3. The maximum Gasteiger partial charge on any atom is 0.227 e. The molecule has 0 unspecified atom stereocenters. The topological polar surface area (TPSA) is 69.7 Å². The summed E-state index contributed by atoms with van der Waals surface area (Å²) in [6.07, 6.45) is 4.51. The minimum atomic E-state index is -0.249. The maximum absolute atomic E-state index is 13.1. The first kappa shape index (κ1) is 19.0. The number of carbonyl (C=O) groups excluding carboxylic acids is 3. The van der Waals surface area contributed by atoms with Gasteiger partial charge in [0.25, 0.3) is 0 Å². The van der Waals surface area contributed by atoms with Gasteiger partial charge in [-0.15, -0.1) is 0 Å². The summed E-state index contributed by atoms with van der Waals surface area (Å²) >= 11 is 0. The fraction of sp³-hybridized carbons (Fsp3) is 0.591. The number of hydrogen-bond donors (Lipinski definition) is 1. The average molecular weight is 383 g/mol. The molecule has 0 aromatic heterocycles. The molecule has 3 fully saturated rings. The van der Waals surface area contributed by atoms with Gasteiger partial charge < -0.3 is 15.1 Å². The van der Waals surface area contributed by atoms with Gasteiger partial charge in [-0.2, -0.15) is 0 Å². The molecule has 3 aliphatic heterocycles. The highest BCUT2D eigenvalue weighted by Crippen LogP contribution is 2.38. The minimum Gasteiger partial charge on any atom is -0.356 e. The molecule has 1 aromatic carbocycles. The summed E-state index contributed by atoms with van der Waals surface area (Å²) in [5.74, 6) is 0.310. The first-order valence-corrected chi connectivity index (χ1v) is 10.5. The molecule has 4 rings (SSSR count). The maximum atomic E-state index is 13.1. The monoisotopic (exact) mass is 383 g/mol. The number of piperidine rings is 2. The van der Waals surface area contributed by atoms with Gasteiger partial charge in [-0.3, -0.25) is 14.4 Å². The van der Waals surface area contributed by atoms with Crippen molar-refractivity contribution in [3.05, 3.63) is 35.9 Å². The third kappa shape index (κ3) is 3.77. The Morgan fingerprint density at radius 3 is 2.46 bits per heavy atom. The van der Waals surface area contributed by atoms with Gasteiger partial charge in [0.15, 0.2) is 0 Å². The van der Waals surface area contributed by atoms with E-state index in [0.29, 0.717) is 26.1 Å². The fourth-order valence-corrected chi connectivity index (χ4v) is 4.89. The van der Waals surface area contributed by atoms with Gasteiger partial charge in [-0.05, 0) is 37.7 Å². The van der Waals surface area contributed by atoms with E-state index in [1.165, 1.54) is 0 Å². The highest BCUT2D eigenvalue weighted by Gasteiger charge is 2.45. The molecular weight excluding hydrogens is 354 g/mol. The van der Waals surface area contributed by atoms with Crippen LogP contribution in [0.3, 0.4) is 0 Å². The Balaban J connectivity index is 1.32. The summed E-state index contributed by atoms with van der Waals surface area (Å²) in [5.41, 5.74) is 0.762. The van der Waals surface area contributed by atoms with Crippen molar-refractivity contribution in [2.24, 2.45) is 11.3 Å². The van der Waals surface area contributed by atoms with Gasteiger partial charge in [-0.1, -0.05) is 30.3 Å². The van der Waals surface area contributed by atoms with Gasteiger partial charge in [0.1, 0.15) is 0 Å². The van der Waals surface area contributed by atoms with Crippen LogP contribution < -0.4 is 5.32 Å². The lowest BCUT2D eigenvalue weighted by Crippen LogP contribution is -2.51. The van der Waals surface area contributed by atoms with Crippen molar-refractivity contribution in [3.63, 3.8) is 0 Å². The molecule has 28 heavy (non-hydrogen) atoms. The molecule has 3 amide bonds. The number of benzene rings is 1. The lowest BCUT2D eigenvalue weighted by molar-refractivity contribution is -0.144. The summed E-state index contributed by atoms with van der Waals surface area (Å²) in [4.78, 5) is 41.6. The molecular formula is C22H29N3O3. The molecule has 3 saturated heterocycles. The van der Waals surface area contributed by atoms with Gasteiger partial charge >= 0.3 is 0 Å². The lowest BCUT2D eigenvalue weighted by atomic mass is 9.77. The first-order valence-electron chi connectivity index (χ1n) is 10.5. The lowest BCUT2D eigenvalue weighted by Gasteiger charge is -2.40. The minimum absolute atomic E-state index is 0.101. The van der Waals surface area contributed by atoms with Crippen LogP contribution in [0.25, 0.3) is 0 Å². The Bertz CT molecular complexity index is 741. The van der Waals surface area contributed by atoms with Crippen molar-refractivity contribution >= 4 is 17.7 Å². The first-order chi connectivity index (χ1) is 13.6. The van der Waals surface area contributed by atoms with E-state index in [1.807, 2.05) is 40.1 Å². The molecule has 0 aliphatic carbocycles. The largest absolute Gasteiger partial charge is 0.356 e. The smallest absolute Gasteiger partial charge is 0.227 e. The zero-order valence-corrected chi connectivity index (χ0v) is 16.4. The molecule has 1 atom stereocenters. The van der Waals surface area contributed by atoms with E-state index in [9.17, 15) is 14.4 Å². The highest BCUT2D eigenvalue weighted by molar-refractivity contribution is 5.86. The second-order valence-electron chi connectivity index (χ2n) is 8.45. The van der Waals surface area contributed by atoms with Gasteiger partial charge in [0.05, 0.1) is 17.8 Å². The summed E-state index contributed by atoms with van der Waals surface area (Å²) in [6, 6.07) is 9.76. The van der Waals surface area contributed by atoms with Crippen molar-refractivity contribution in [3.8, 4) is 0 Å². The van der Waals surface area contributed by atoms with E-state index in [4.69, 9.17) is 0 Å². The SMILES string of the molecule is O=C(Cc1ccccc1)N1CCC[C@H](C(=O)N2CCC3(CCNC3=O)CC2)C1. The third-order valence-electron chi connectivity index (χ3n) is 6.72. The van der Waals surface area contributed by atoms with Crippen LogP contribution in [0.2, 0.25) is 0 Å². The molecule has 1 N–H and O–H groups in total. The second-order valence-corrected chi connectivity index (χ2v) is 8.45. The van der Waals surface area contributed by atoms with Crippen LogP contribution in [-0.2, 0) is 20.8 Å². The van der Waals surface area contributed by atoms with E-state index in [0.717, 1.165) is 50.8 Å². The zero-order chi connectivity index (χ0) is 19.6. The average Bonchev–Trinajstić information content (AvgIpc) is 3.08. The number of nitrogens with one attached hydrogen (secondary N) is 1. The molecule has 6 nitrogen and oxygen atoms in total. The molecule has 3 heterocycles. The quantitative estimate of drug-likeness (QED) is 0.862. The standard InChI is InChI=1S/C22H29N3O3/c26-19(15-17-5-2-1-3-6-17)25-12-4-7-18(16-25)20(27)24-13-9-22(10-14-24)8-11-23-21(22)28/h1-3,5-6,18H,4,7-16H2,(H,23,28)/t18-/m0/s1. The van der Waals surface area contributed by atoms with Crippen LogP contribution >= 0.6 is 0 Å². The Hall–Kier alpha value is -2.37. The Labute approximate surface area is 166 Å². The van der Waals surface area contributed by atoms with Crippen LogP contribution in [0.5, 0.6) is 0 Å². The number of nitrogens with zero attached hydrogens (tertiary/aromatic N) is 2. The number of rotatable bonds is 3. The van der Waals surface area contributed by atoms with E-state index in [1.54, 1.807) is 0 Å². The third-order valence-corrected chi connectivity index (χ3v) is 6.72. The van der Waals surface area contributed by atoms with Crippen LogP contribution in [0.15, 0.2) is 30.3 Å². The van der Waals surface area contributed by atoms with Crippen molar-refractivity contribution in [1.29, 1.82) is 0 Å². The predicted molar refractivity (Wildman–Crippen MR) is 105 cm³/mol. The van der Waals surface area contributed by atoms with Crippen molar-refractivity contribution < 1.29 is 14.4 Å².